The van der Waals surface area contributed by atoms with E-state index < -0.39 is 5.97 Å². The summed E-state index contributed by atoms with van der Waals surface area (Å²) in [4.78, 5) is 0. The summed E-state index contributed by atoms with van der Waals surface area (Å²) >= 11 is 0. The highest BCUT2D eigenvalue weighted by Crippen LogP contribution is 2.43. The zero-order valence-electron chi connectivity index (χ0n) is 7.92. The number of hydrogen-bond donors (Lipinski definition) is 0. The van der Waals surface area contributed by atoms with Gasteiger partial charge >= 0.3 is 0 Å². The Bertz CT molecular complexity index is 190. The van der Waals surface area contributed by atoms with Crippen molar-refractivity contribution in [2.75, 3.05) is 13.2 Å². The summed E-state index contributed by atoms with van der Waals surface area (Å²) in [5, 5.41) is 0. The maximum Gasteiger partial charge on any atom is 0.283 e. The van der Waals surface area contributed by atoms with Crippen molar-refractivity contribution in [1.82, 2.24) is 0 Å². The second-order valence-electron chi connectivity index (χ2n) is 4.55. The lowest BCUT2D eigenvalue weighted by molar-refractivity contribution is -0.312. The molecule has 0 aromatic heterocycles. The van der Waals surface area contributed by atoms with Gasteiger partial charge in [-0.25, -0.2) is 0 Å². The molecule has 2 rings (SSSR count). The molecule has 0 amide bonds. The third-order valence-electron chi connectivity index (χ3n) is 2.30. The molecule has 12 heavy (non-hydrogen) atoms. The van der Waals surface area contributed by atoms with Gasteiger partial charge in [-0.15, -0.1) is 0 Å². The van der Waals surface area contributed by atoms with Crippen LogP contribution in [0.1, 0.15) is 27.2 Å². The van der Waals surface area contributed by atoms with Gasteiger partial charge in [-0.3, -0.25) is 0 Å². The van der Waals surface area contributed by atoms with E-state index in [0.29, 0.717) is 6.61 Å². The molecule has 2 fully saturated rings. The van der Waals surface area contributed by atoms with E-state index in [1.165, 1.54) is 0 Å². The summed E-state index contributed by atoms with van der Waals surface area (Å²) in [7, 11) is 0. The zero-order chi connectivity index (χ0) is 8.82. The van der Waals surface area contributed by atoms with Crippen LogP contribution in [0.2, 0.25) is 0 Å². The van der Waals surface area contributed by atoms with Crippen molar-refractivity contribution in [3.8, 4) is 0 Å². The average molecular weight is 172 g/mol. The Balaban J connectivity index is 2.06. The summed E-state index contributed by atoms with van der Waals surface area (Å²) in [5.41, 5.74) is 0.185. The SMILES string of the molecule is CC1COC2(CC(C)(C)CO2)O1. The highest BCUT2D eigenvalue weighted by Gasteiger charge is 2.51. The minimum absolute atomic E-state index is 0.166. The van der Waals surface area contributed by atoms with Crippen LogP contribution in [0, 0.1) is 5.41 Å². The van der Waals surface area contributed by atoms with Crippen LogP contribution in [0.5, 0.6) is 0 Å². The van der Waals surface area contributed by atoms with Gasteiger partial charge in [0.25, 0.3) is 5.97 Å². The molecule has 0 radical (unpaired) electrons. The van der Waals surface area contributed by atoms with Crippen LogP contribution in [-0.2, 0) is 14.2 Å². The number of hydrogen-bond acceptors (Lipinski definition) is 3. The van der Waals surface area contributed by atoms with Gasteiger partial charge in [-0.1, -0.05) is 13.8 Å². The van der Waals surface area contributed by atoms with Crippen LogP contribution in [0.4, 0.5) is 0 Å². The molecule has 2 saturated heterocycles. The Labute approximate surface area is 73.0 Å². The topological polar surface area (TPSA) is 27.7 Å². The lowest BCUT2D eigenvalue weighted by atomic mass is 9.92. The predicted octanol–water partition coefficient (Wildman–Crippen LogP) is 1.52. The molecule has 70 valence electrons. The molecule has 2 aliphatic heterocycles. The van der Waals surface area contributed by atoms with E-state index in [0.717, 1.165) is 13.0 Å². The van der Waals surface area contributed by atoms with E-state index in [-0.39, 0.29) is 11.5 Å². The van der Waals surface area contributed by atoms with Crippen molar-refractivity contribution in [1.29, 1.82) is 0 Å². The maximum atomic E-state index is 5.60. The van der Waals surface area contributed by atoms with Gasteiger partial charge in [-0.05, 0) is 12.3 Å². The van der Waals surface area contributed by atoms with Crippen LogP contribution in [0.3, 0.4) is 0 Å². The van der Waals surface area contributed by atoms with Crippen molar-refractivity contribution in [2.45, 2.75) is 39.3 Å². The van der Waals surface area contributed by atoms with Crippen LogP contribution in [0.15, 0.2) is 0 Å². The number of ether oxygens (including phenoxy) is 3. The second kappa shape index (κ2) is 2.44. The molecule has 2 aliphatic rings. The maximum absolute atomic E-state index is 5.60. The quantitative estimate of drug-likeness (QED) is 0.554. The zero-order valence-corrected chi connectivity index (χ0v) is 7.92. The first-order chi connectivity index (χ1) is 5.52. The van der Waals surface area contributed by atoms with Gasteiger partial charge in [0.05, 0.1) is 19.3 Å². The molecule has 0 bridgehead atoms. The highest BCUT2D eigenvalue weighted by atomic mass is 16.9. The molecule has 0 aromatic carbocycles. The van der Waals surface area contributed by atoms with Gasteiger partial charge in [0, 0.05) is 6.42 Å². The molecule has 1 spiro atoms. The Morgan fingerprint density at radius 2 is 2.00 bits per heavy atom. The van der Waals surface area contributed by atoms with E-state index >= 15 is 0 Å². The Kier molecular flexibility index (Phi) is 1.72. The average Bonchev–Trinajstić information content (AvgIpc) is 2.41. The Hall–Kier alpha value is -0.120. The van der Waals surface area contributed by atoms with Crippen LogP contribution in [-0.4, -0.2) is 25.3 Å². The van der Waals surface area contributed by atoms with Gasteiger partial charge in [-0.2, -0.15) is 0 Å². The summed E-state index contributed by atoms with van der Waals surface area (Å²) in [6.07, 6.45) is 1.00. The molecular formula is C9H16O3. The molecule has 2 atom stereocenters. The van der Waals surface area contributed by atoms with Crippen molar-refractivity contribution < 1.29 is 14.2 Å². The first-order valence-electron chi connectivity index (χ1n) is 4.47. The van der Waals surface area contributed by atoms with Crippen molar-refractivity contribution >= 4 is 0 Å². The highest BCUT2D eigenvalue weighted by molar-refractivity contribution is 4.84. The largest absolute Gasteiger partial charge is 0.327 e. The van der Waals surface area contributed by atoms with Crippen LogP contribution >= 0.6 is 0 Å². The van der Waals surface area contributed by atoms with Gasteiger partial charge in [0.15, 0.2) is 0 Å². The van der Waals surface area contributed by atoms with Crippen LogP contribution < -0.4 is 0 Å². The molecule has 0 N–H and O–H groups in total. The van der Waals surface area contributed by atoms with E-state index in [4.69, 9.17) is 14.2 Å². The molecule has 0 aromatic rings. The standard InChI is InChI=1S/C9H16O3/c1-7-4-10-9(12-7)5-8(2,3)6-11-9/h7H,4-6H2,1-3H3. The van der Waals surface area contributed by atoms with E-state index in [1.807, 2.05) is 6.92 Å². The third kappa shape index (κ3) is 1.37. The Morgan fingerprint density at radius 3 is 2.42 bits per heavy atom. The fourth-order valence-electron chi connectivity index (χ4n) is 1.78. The molecular weight excluding hydrogens is 156 g/mol. The smallest absolute Gasteiger partial charge is 0.283 e. The van der Waals surface area contributed by atoms with Crippen LogP contribution in [0.25, 0.3) is 0 Å². The summed E-state index contributed by atoms with van der Waals surface area (Å²) in [6.45, 7) is 7.70. The second-order valence-corrected chi connectivity index (χ2v) is 4.55. The molecule has 0 saturated carbocycles. The minimum Gasteiger partial charge on any atom is -0.327 e. The molecule has 3 nitrogen and oxygen atoms in total. The van der Waals surface area contributed by atoms with E-state index in [1.54, 1.807) is 0 Å². The van der Waals surface area contributed by atoms with Crippen molar-refractivity contribution in [3.05, 3.63) is 0 Å². The van der Waals surface area contributed by atoms with E-state index in [2.05, 4.69) is 13.8 Å². The molecule has 3 heteroatoms. The van der Waals surface area contributed by atoms with Gasteiger partial charge in [0.2, 0.25) is 0 Å². The lowest BCUT2D eigenvalue weighted by Gasteiger charge is -2.21. The first-order valence-corrected chi connectivity index (χ1v) is 4.47. The third-order valence-corrected chi connectivity index (χ3v) is 2.30. The van der Waals surface area contributed by atoms with Gasteiger partial charge in [0.1, 0.15) is 0 Å². The summed E-state index contributed by atoms with van der Waals surface area (Å²) < 4.78 is 16.6. The van der Waals surface area contributed by atoms with Crippen molar-refractivity contribution in [3.63, 3.8) is 0 Å². The summed E-state index contributed by atoms with van der Waals surface area (Å²) in [6, 6.07) is 0. The van der Waals surface area contributed by atoms with E-state index in [9.17, 15) is 0 Å². The molecule has 2 heterocycles. The Morgan fingerprint density at radius 1 is 1.25 bits per heavy atom. The van der Waals surface area contributed by atoms with Gasteiger partial charge < -0.3 is 14.2 Å². The molecule has 2 unspecified atom stereocenters. The first kappa shape index (κ1) is 8.48. The normalized spacial score (nSPS) is 45.8. The fourth-order valence-corrected chi connectivity index (χ4v) is 1.78. The fraction of sp³-hybridized carbons (Fsp3) is 1.00. The molecule has 0 aliphatic carbocycles. The van der Waals surface area contributed by atoms with Crippen molar-refractivity contribution in [2.24, 2.45) is 5.41 Å². The minimum atomic E-state index is -0.705. The predicted molar refractivity (Wildman–Crippen MR) is 43.6 cm³/mol. The number of rotatable bonds is 0. The summed E-state index contributed by atoms with van der Waals surface area (Å²) in [5.74, 6) is -0.705. The monoisotopic (exact) mass is 172 g/mol. The lowest BCUT2D eigenvalue weighted by Crippen LogP contribution is -2.30.